The minimum absolute atomic E-state index is 0.236. The maximum absolute atomic E-state index is 12.9. The van der Waals surface area contributed by atoms with Gasteiger partial charge in [0.1, 0.15) is 21.1 Å². The van der Waals surface area contributed by atoms with Crippen LogP contribution in [0.5, 0.6) is 0 Å². The molecule has 2 aliphatic rings. The Morgan fingerprint density at radius 3 is 2.64 bits per heavy atom. The van der Waals surface area contributed by atoms with Gasteiger partial charge in [-0.25, -0.2) is 8.42 Å². The van der Waals surface area contributed by atoms with Crippen molar-refractivity contribution in [2.24, 2.45) is 0 Å². The van der Waals surface area contributed by atoms with Crippen LogP contribution >= 0.6 is 23.1 Å². The van der Waals surface area contributed by atoms with Gasteiger partial charge in [0.25, 0.3) is 0 Å². The molecule has 1 aromatic heterocycles. The molecule has 1 aliphatic carbocycles. The van der Waals surface area contributed by atoms with Crippen molar-refractivity contribution >= 4 is 44.0 Å². The third kappa shape index (κ3) is 3.37. The van der Waals surface area contributed by atoms with E-state index in [1.54, 1.807) is 12.1 Å². The predicted molar refractivity (Wildman–Crippen MR) is 109 cm³/mol. The number of hydrogen-bond acceptors (Lipinski definition) is 6. The van der Waals surface area contributed by atoms with E-state index in [1.165, 1.54) is 23.1 Å². The number of carbonyl (C=O) groups is 1. The average Bonchev–Trinajstić information content (AvgIpc) is 3.05. The topological polar surface area (TPSA) is 107 Å². The Labute approximate surface area is 170 Å². The summed E-state index contributed by atoms with van der Waals surface area (Å²) in [7, 11) is -3.86. The van der Waals surface area contributed by atoms with Gasteiger partial charge in [-0.2, -0.15) is 9.98 Å². The Kier molecular flexibility index (Phi) is 4.83. The average molecular weight is 433 g/mol. The van der Waals surface area contributed by atoms with Gasteiger partial charge in [0.2, 0.25) is 10.0 Å². The summed E-state index contributed by atoms with van der Waals surface area (Å²) >= 11 is 2.50. The summed E-state index contributed by atoms with van der Waals surface area (Å²) in [6.45, 7) is 0. The number of rotatable bonds is 6. The summed E-state index contributed by atoms with van der Waals surface area (Å²) in [4.78, 5) is 14.1. The molecule has 1 aromatic carbocycles. The first-order valence-corrected chi connectivity index (χ1v) is 11.8. The van der Waals surface area contributed by atoms with E-state index in [1.807, 2.05) is 36.4 Å². The fourth-order valence-electron chi connectivity index (χ4n) is 3.38. The van der Waals surface area contributed by atoms with Gasteiger partial charge in [-0.05, 0) is 30.5 Å². The van der Waals surface area contributed by atoms with Crippen molar-refractivity contribution in [2.75, 3.05) is 0 Å². The normalized spacial score (nSPS) is 26.5. The van der Waals surface area contributed by atoms with Crippen LogP contribution in [0.1, 0.15) is 34.1 Å². The molecule has 0 radical (unpaired) electrons. The molecule has 9 heteroatoms. The van der Waals surface area contributed by atoms with Gasteiger partial charge >= 0.3 is 5.97 Å². The third-order valence-electron chi connectivity index (χ3n) is 4.93. The van der Waals surface area contributed by atoms with Crippen molar-refractivity contribution in [2.45, 2.75) is 28.9 Å². The van der Waals surface area contributed by atoms with Gasteiger partial charge in [0.15, 0.2) is 0 Å². The van der Waals surface area contributed by atoms with Crippen molar-refractivity contribution < 1.29 is 18.3 Å². The van der Waals surface area contributed by atoms with E-state index in [2.05, 4.69) is 10.8 Å². The first-order chi connectivity index (χ1) is 13.4. The van der Waals surface area contributed by atoms with Crippen LogP contribution in [-0.2, 0) is 14.8 Å². The van der Waals surface area contributed by atoms with Gasteiger partial charge in [-0.1, -0.05) is 36.4 Å². The Bertz CT molecular complexity index is 1100. The summed E-state index contributed by atoms with van der Waals surface area (Å²) in [5.41, 5.74) is -0.673. The number of allylic oxidation sites excluding steroid dienone is 1. The molecule has 2 unspecified atom stereocenters. The number of hydrogen-bond donors (Lipinski definition) is 2. The van der Waals surface area contributed by atoms with E-state index >= 15 is 0 Å². The van der Waals surface area contributed by atoms with Crippen LogP contribution in [0.2, 0.25) is 0 Å². The van der Waals surface area contributed by atoms with Gasteiger partial charge < -0.3 is 5.11 Å². The summed E-state index contributed by atoms with van der Waals surface area (Å²) in [5.74, 6) is -1.53. The molecule has 2 aromatic rings. The second-order valence-corrected chi connectivity index (χ2v) is 11.2. The molecule has 0 amide bonds. The van der Waals surface area contributed by atoms with Crippen LogP contribution in [-0.4, -0.2) is 29.6 Å². The van der Waals surface area contributed by atoms with Crippen LogP contribution < -0.4 is 4.72 Å². The van der Waals surface area contributed by atoms with Gasteiger partial charge in [0.05, 0.1) is 0 Å². The highest BCUT2D eigenvalue weighted by Crippen LogP contribution is 2.53. The van der Waals surface area contributed by atoms with E-state index in [0.29, 0.717) is 11.3 Å². The largest absolute Gasteiger partial charge is 0.480 e. The number of nitrogens with zero attached hydrogens (tertiary/aromatic N) is 1. The number of thioether (sulfide) groups is 1. The van der Waals surface area contributed by atoms with E-state index in [4.69, 9.17) is 5.26 Å². The van der Waals surface area contributed by atoms with Crippen molar-refractivity contribution in [3.05, 3.63) is 63.9 Å². The molecule has 28 heavy (non-hydrogen) atoms. The zero-order valence-electron chi connectivity index (χ0n) is 14.5. The molecule has 144 valence electrons. The van der Waals surface area contributed by atoms with E-state index in [0.717, 1.165) is 15.3 Å². The van der Waals surface area contributed by atoms with Gasteiger partial charge in [-0.15, -0.1) is 23.1 Å². The zero-order valence-corrected chi connectivity index (χ0v) is 17.0. The van der Waals surface area contributed by atoms with Crippen molar-refractivity contribution in [3.8, 4) is 6.07 Å². The maximum Gasteiger partial charge on any atom is 0.325 e. The number of carboxylic acids is 1. The van der Waals surface area contributed by atoms with Crippen LogP contribution in [0.3, 0.4) is 0 Å². The fourth-order valence-corrected chi connectivity index (χ4v) is 7.51. The molecule has 4 rings (SSSR count). The quantitative estimate of drug-likeness (QED) is 0.725. The highest BCUT2D eigenvalue weighted by atomic mass is 32.3. The number of benzene rings is 1. The molecule has 1 fully saturated rings. The Morgan fingerprint density at radius 1 is 1.25 bits per heavy atom. The maximum atomic E-state index is 12.9. The number of thiophene rings is 1. The number of carboxylic acid groups (broad SMARTS) is 1. The van der Waals surface area contributed by atoms with Gasteiger partial charge in [-0.3, -0.25) is 4.79 Å². The lowest BCUT2D eigenvalue weighted by molar-refractivity contribution is -0.140. The van der Waals surface area contributed by atoms with E-state index < -0.39 is 26.1 Å². The summed E-state index contributed by atoms with van der Waals surface area (Å²) in [6.07, 6.45) is 2.36. The minimum Gasteiger partial charge on any atom is -0.480 e. The number of nitrogens with one attached hydrogen (secondary N) is 1. The van der Waals surface area contributed by atoms with Crippen LogP contribution in [0.25, 0.3) is 4.91 Å². The molecule has 0 saturated heterocycles. The molecular formula is C19H16N2O4S3. The first-order valence-electron chi connectivity index (χ1n) is 8.54. The molecule has 1 saturated carbocycles. The first kappa shape index (κ1) is 19.2. The standard InChI is InChI=1S/C19H16N2O4S3/c20-11-13-6-7-15(26-13)16-8-9-17(27-16)28(24,25)21-19(18(22)23)10-14(19)12-4-2-1-3-5-12/h1-8,14,17,21H,9-10H2,(H,22,23)/t14?,17?,19-/m0/s1. The Morgan fingerprint density at radius 2 is 2.00 bits per heavy atom. The Hall–Kier alpha value is -2.12. The number of sulfonamides is 1. The van der Waals surface area contributed by atoms with Crippen molar-refractivity contribution in [1.29, 1.82) is 5.26 Å². The number of aliphatic carboxylic acids is 1. The van der Waals surface area contributed by atoms with Crippen LogP contribution in [0, 0.1) is 11.3 Å². The van der Waals surface area contributed by atoms with E-state index in [-0.39, 0.29) is 12.3 Å². The van der Waals surface area contributed by atoms with Gasteiger partial charge in [0, 0.05) is 15.7 Å². The lowest BCUT2D eigenvalue weighted by atomic mass is 10.1. The third-order valence-corrected chi connectivity index (χ3v) is 9.76. The second kappa shape index (κ2) is 7.04. The molecule has 3 atom stereocenters. The molecule has 6 nitrogen and oxygen atoms in total. The minimum atomic E-state index is -3.86. The molecule has 0 bridgehead atoms. The highest BCUT2D eigenvalue weighted by Gasteiger charge is 2.63. The lowest BCUT2D eigenvalue weighted by Crippen LogP contribution is -2.47. The number of nitriles is 1. The summed E-state index contributed by atoms with van der Waals surface area (Å²) in [6, 6.07) is 14.7. The molecular weight excluding hydrogens is 416 g/mol. The molecule has 2 N–H and O–H groups in total. The summed E-state index contributed by atoms with van der Waals surface area (Å²) in [5, 5.41) is 18.7. The predicted octanol–water partition coefficient (Wildman–Crippen LogP) is 3.35. The van der Waals surface area contributed by atoms with E-state index in [9.17, 15) is 18.3 Å². The molecule has 2 heterocycles. The fraction of sp³-hybridized carbons (Fsp3) is 0.263. The SMILES string of the molecule is N#Cc1ccc(C2=CCC(S(=O)(=O)N[C@@]3(C(=O)O)CC3c3ccccc3)S2)s1. The van der Waals surface area contributed by atoms with Crippen LogP contribution in [0.4, 0.5) is 0 Å². The second-order valence-electron chi connectivity index (χ2n) is 6.72. The molecule has 0 spiro atoms. The Balaban J connectivity index is 1.50. The lowest BCUT2D eigenvalue weighted by Gasteiger charge is -2.19. The van der Waals surface area contributed by atoms with Crippen LogP contribution in [0.15, 0.2) is 48.5 Å². The smallest absolute Gasteiger partial charge is 0.325 e. The molecule has 1 aliphatic heterocycles. The highest BCUT2D eigenvalue weighted by molar-refractivity contribution is 8.18. The van der Waals surface area contributed by atoms with Crippen molar-refractivity contribution in [3.63, 3.8) is 0 Å². The zero-order chi connectivity index (χ0) is 19.9. The summed E-state index contributed by atoms with van der Waals surface area (Å²) < 4.78 is 27.6. The monoisotopic (exact) mass is 432 g/mol. The van der Waals surface area contributed by atoms with Crippen molar-refractivity contribution in [1.82, 2.24) is 4.72 Å².